The highest BCUT2D eigenvalue weighted by Crippen LogP contribution is 2.21. The Balaban J connectivity index is 1.36. The van der Waals surface area contributed by atoms with Crippen molar-refractivity contribution in [1.82, 2.24) is 10.6 Å². The van der Waals surface area contributed by atoms with Crippen LogP contribution < -0.4 is 21.3 Å². The van der Waals surface area contributed by atoms with Crippen molar-refractivity contribution in [3.8, 4) is 11.1 Å². The molecule has 4 aromatic rings. The van der Waals surface area contributed by atoms with E-state index in [9.17, 15) is 19.2 Å². The molecule has 0 bridgehead atoms. The van der Waals surface area contributed by atoms with Gasteiger partial charge in [-0.25, -0.2) is 9.59 Å². The van der Waals surface area contributed by atoms with Crippen LogP contribution in [0.3, 0.4) is 0 Å². The van der Waals surface area contributed by atoms with Gasteiger partial charge in [-0.05, 0) is 59.7 Å². The molecule has 0 saturated carbocycles. The second-order valence-corrected chi connectivity index (χ2v) is 10.3. The zero-order valence-electron chi connectivity index (χ0n) is 24.7. The quantitative estimate of drug-likeness (QED) is 0.108. The number of anilines is 2. The lowest BCUT2D eigenvalue weighted by molar-refractivity contribution is -0.137. The molecule has 0 unspecified atom stereocenters. The van der Waals surface area contributed by atoms with Gasteiger partial charge in [0.15, 0.2) is 0 Å². The number of alkyl carbamates (subject to hydrolysis) is 1. The SMILES string of the molecule is O=C(O)CCc1ccccc1NC(=O)[C@H](CCCNC(=O)OCc1ccccc1)NC(=O)Nc1ccc(-c2ccccc2)cc1. The smallest absolute Gasteiger partial charge is 0.407 e. The largest absolute Gasteiger partial charge is 0.481 e. The number of carbonyl (C=O) groups is 4. The molecule has 0 fully saturated rings. The van der Waals surface area contributed by atoms with E-state index >= 15 is 0 Å². The first-order chi connectivity index (χ1) is 21.9. The van der Waals surface area contributed by atoms with Crippen LogP contribution in [0.2, 0.25) is 0 Å². The lowest BCUT2D eigenvalue weighted by Crippen LogP contribution is -2.46. The second kappa shape index (κ2) is 16.9. The van der Waals surface area contributed by atoms with E-state index in [4.69, 9.17) is 9.84 Å². The lowest BCUT2D eigenvalue weighted by atomic mass is 10.1. The molecule has 45 heavy (non-hydrogen) atoms. The summed E-state index contributed by atoms with van der Waals surface area (Å²) in [5.74, 6) is -1.42. The van der Waals surface area contributed by atoms with Crippen molar-refractivity contribution < 1.29 is 29.0 Å². The van der Waals surface area contributed by atoms with Crippen molar-refractivity contribution in [1.29, 1.82) is 0 Å². The molecule has 232 valence electrons. The maximum Gasteiger partial charge on any atom is 0.407 e. The summed E-state index contributed by atoms with van der Waals surface area (Å²) in [6, 6.07) is 31.9. The number of amides is 4. The highest BCUT2D eigenvalue weighted by Gasteiger charge is 2.22. The highest BCUT2D eigenvalue weighted by molar-refractivity contribution is 5.99. The lowest BCUT2D eigenvalue weighted by Gasteiger charge is -2.20. The van der Waals surface area contributed by atoms with Crippen LogP contribution in [0.5, 0.6) is 0 Å². The fourth-order valence-electron chi connectivity index (χ4n) is 4.56. The van der Waals surface area contributed by atoms with Crippen LogP contribution in [-0.4, -0.2) is 41.7 Å². The summed E-state index contributed by atoms with van der Waals surface area (Å²) >= 11 is 0. The zero-order valence-corrected chi connectivity index (χ0v) is 24.7. The number of carbonyl (C=O) groups excluding carboxylic acids is 3. The Bertz CT molecular complexity index is 1560. The van der Waals surface area contributed by atoms with Gasteiger partial charge >= 0.3 is 18.1 Å². The van der Waals surface area contributed by atoms with Gasteiger partial charge in [0, 0.05) is 24.3 Å². The number of rotatable bonds is 14. The monoisotopic (exact) mass is 608 g/mol. The minimum atomic E-state index is -0.955. The summed E-state index contributed by atoms with van der Waals surface area (Å²) in [6.45, 7) is 0.351. The van der Waals surface area contributed by atoms with Crippen molar-refractivity contribution in [2.24, 2.45) is 0 Å². The number of nitrogens with one attached hydrogen (secondary N) is 4. The highest BCUT2D eigenvalue weighted by atomic mass is 16.5. The molecule has 0 spiro atoms. The van der Waals surface area contributed by atoms with Gasteiger partial charge in [-0.1, -0.05) is 91.0 Å². The summed E-state index contributed by atoms with van der Waals surface area (Å²) in [6.07, 6.45) is 0.134. The van der Waals surface area contributed by atoms with Crippen molar-refractivity contribution in [3.63, 3.8) is 0 Å². The third-order valence-corrected chi connectivity index (χ3v) is 6.91. The number of benzene rings is 4. The van der Waals surface area contributed by atoms with E-state index in [1.165, 1.54) is 0 Å². The first kappa shape index (κ1) is 32.3. The Morgan fingerprint density at radius 1 is 0.733 bits per heavy atom. The molecule has 0 aliphatic rings. The van der Waals surface area contributed by atoms with Crippen LogP contribution in [0.15, 0.2) is 109 Å². The van der Waals surface area contributed by atoms with E-state index in [1.54, 1.807) is 36.4 Å². The molecule has 0 heterocycles. The Morgan fingerprint density at radius 3 is 2.09 bits per heavy atom. The molecule has 0 aliphatic carbocycles. The maximum absolute atomic E-state index is 13.4. The number of aryl methyl sites for hydroxylation is 1. The topological polar surface area (TPSA) is 146 Å². The zero-order chi connectivity index (χ0) is 31.9. The van der Waals surface area contributed by atoms with Crippen molar-refractivity contribution in [2.75, 3.05) is 17.2 Å². The average Bonchev–Trinajstić information content (AvgIpc) is 3.06. The number of carboxylic acids is 1. The Kier molecular flexibility index (Phi) is 12.1. The van der Waals surface area contributed by atoms with Gasteiger partial charge in [-0.2, -0.15) is 0 Å². The van der Waals surface area contributed by atoms with Crippen LogP contribution in [0.1, 0.15) is 30.4 Å². The van der Waals surface area contributed by atoms with E-state index in [0.29, 0.717) is 23.4 Å². The van der Waals surface area contributed by atoms with Crippen molar-refractivity contribution in [2.45, 2.75) is 38.3 Å². The number of hydrogen-bond acceptors (Lipinski definition) is 5. The summed E-state index contributed by atoms with van der Waals surface area (Å²) in [4.78, 5) is 49.6. The molecular formula is C35H36N4O6. The maximum atomic E-state index is 13.4. The van der Waals surface area contributed by atoms with Crippen LogP contribution in [0.25, 0.3) is 11.1 Å². The molecule has 0 radical (unpaired) electrons. The number of ether oxygens (including phenoxy) is 1. The van der Waals surface area contributed by atoms with Crippen molar-refractivity contribution in [3.05, 3.63) is 120 Å². The van der Waals surface area contributed by atoms with Crippen LogP contribution in [0, 0.1) is 0 Å². The minimum Gasteiger partial charge on any atom is -0.481 e. The van der Waals surface area contributed by atoms with Gasteiger partial charge < -0.3 is 31.1 Å². The summed E-state index contributed by atoms with van der Waals surface area (Å²) in [7, 11) is 0. The van der Waals surface area contributed by atoms with Gasteiger partial charge in [-0.15, -0.1) is 0 Å². The van der Waals surface area contributed by atoms with Gasteiger partial charge in [0.2, 0.25) is 5.91 Å². The number of urea groups is 1. The normalized spacial score (nSPS) is 11.1. The molecule has 1 atom stereocenters. The number of carboxylic acid groups (broad SMARTS) is 1. The molecule has 0 aliphatic heterocycles. The van der Waals surface area contributed by atoms with Gasteiger partial charge in [0.05, 0.1) is 0 Å². The molecule has 4 aromatic carbocycles. The van der Waals surface area contributed by atoms with Crippen molar-refractivity contribution >= 4 is 35.4 Å². The third-order valence-electron chi connectivity index (χ3n) is 6.91. The standard InChI is InChI=1S/C35H36N4O6/c40-32(41)22-19-28-14-7-8-15-30(28)38-33(42)31(16-9-23-36-35(44)45-24-25-10-3-1-4-11-25)39-34(43)37-29-20-17-27(18-21-29)26-12-5-2-6-13-26/h1-8,10-15,17-18,20-21,31H,9,16,19,22-24H2,(H,36,44)(H,38,42)(H,40,41)(H2,37,39,43)/t31-/m0/s1. The van der Waals surface area contributed by atoms with Gasteiger partial charge in [-0.3, -0.25) is 9.59 Å². The Hall–Kier alpha value is -5.64. The molecule has 4 amide bonds. The predicted molar refractivity (Wildman–Crippen MR) is 173 cm³/mol. The first-order valence-electron chi connectivity index (χ1n) is 14.7. The van der Waals surface area contributed by atoms with Crippen LogP contribution in [-0.2, 0) is 27.4 Å². The van der Waals surface area contributed by atoms with E-state index in [-0.39, 0.29) is 32.4 Å². The molecular weight excluding hydrogens is 572 g/mol. The van der Waals surface area contributed by atoms with E-state index in [0.717, 1.165) is 16.7 Å². The van der Waals surface area contributed by atoms with Crippen LogP contribution in [0.4, 0.5) is 21.0 Å². The number of hydrogen-bond donors (Lipinski definition) is 5. The number of aliphatic carboxylic acids is 1. The molecule has 10 nitrogen and oxygen atoms in total. The predicted octanol–water partition coefficient (Wildman–Crippen LogP) is 6.21. The molecule has 0 saturated heterocycles. The minimum absolute atomic E-state index is 0.0912. The van der Waals surface area contributed by atoms with Gasteiger partial charge in [0.25, 0.3) is 0 Å². The third kappa shape index (κ3) is 10.9. The van der Waals surface area contributed by atoms with Crippen LogP contribution >= 0.6 is 0 Å². The Labute approximate surface area is 261 Å². The van der Waals surface area contributed by atoms with E-state index in [2.05, 4.69) is 21.3 Å². The summed E-state index contributed by atoms with van der Waals surface area (Å²) in [5, 5.41) is 20.1. The number of para-hydroxylation sites is 1. The fraction of sp³-hybridized carbons (Fsp3) is 0.200. The second-order valence-electron chi connectivity index (χ2n) is 10.3. The molecule has 0 aromatic heterocycles. The first-order valence-corrected chi connectivity index (χ1v) is 14.7. The Morgan fingerprint density at radius 2 is 1.38 bits per heavy atom. The fourth-order valence-corrected chi connectivity index (χ4v) is 4.56. The summed E-state index contributed by atoms with van der Waals surface area (Å²) in [5.41, 5.74) is 4.58. The van der Waals surface area contributed by atoms with E-state index in [1.807, 2.05) is 72.8 Å². The van der Waals surface area contributed by atoms with Gasteiger partial charge in [0.1, 0.15) is 12.6 Å². The molecule has 4 rings (SSSR count). The molecule has 5 N–H and O–H groups in total. The summed E-state index contributed by atoms with van der Waals surface area (Å²) < 4.78 is 5.23. The average molecular weight is 609 g/mol. The van der Waals surface area contributed by atoms with E-state index < -0.39 is 30.0 Å². The molecule has 10 heteroatoms.